The molecule has 24 heavy (non-hydrogen) atoms. The lowest BCUT2D eigenvalue weighted by Gasteiger charge is -2.15. The molecule has 0 radical (unpaired) electrons. The summed E-state index contributed by atoms with van der Waals surface area (Å²) in [5, 5.41) is 8.46. The average molecular weight is 325 g/mol. The average Bonchev–Trinajstić information content (AvgIpc) is 2.60. The fraction of sp³-hybridized carbons (Fsp3) is 0.263. The molecule has 0 bridgehead atoms. The van der Waals surface area contributed by atoms with E-state index >= 15 is 0 Å². The highest BCUT2D eigenvalue weighted by molar-refractivity contribution is 6.00. The molecule has 2 aromatic carbocycles. The van der Waals surface area contributed by atoms with E-state index < -0.39 is 0 Å². The number of nitrogens with one attached hydrogen (secondary N) is 3. The molecule has 0 aliphatic heterocycles. The Bertz CT molecular complexity index is 665. The van der Waals surface area contributed by atoms with Crippen LogP contribution in [0.4, 0.5) is 16.2 Å². The van der Waals surface area contributed by atoms with Crippen LogP contribution in [0.5, 0.6) is 0 Å². The molecule has 5 heteroatoms. The molecular formula is C19H23N3O2. The number of carbonyl (C=O) groups excluding carboxylic acids is 2. The normalized spacial score (nSPS) is 10.3. The zero-order valence-electron chi connectivity index (χ0n) is 14.0. The number of hydrogen-bond acceptors (Lipinski definition) is 2. The highest BCUT2D eigenvalue weighted by atomic mass is 16.2. The topological polar surface area (TPSA) is 70.2 Å². The van der Waals surface area contributed by atoms with E-state index in [0.29, 0.717) is 11.3 Å². The maximum Gasteiger partial charge on any atom is 0.323 e. The van der Waals surface area contributed by atoms with Crippen LogP contribution in [0.15, 0.2) is 54.6 Å². The van der Waals surface area contributed by atoms with Gasteiger partial charge in [-0.25, -0.2) is 4.79 Å². The molecule has 5 nitrogen and oxygen atoms in total. The third-order valence-corrected chi connectivity index (χ3v) is 3.76. The third-order valence-electron chi connectivity index (χ3n) is 3.76. The Kier molecular flexibility index (Phi) is 6.37. The van der Waals surface area contributed by atoms with E-state index in [9.17, 15) is 9.59 Å². The summed E-state index contributed by atoms with van der Waals surface area (Å²) >= 11 is 0. The van der Waals surface area contributed by atoms with Crippen LogP contribution < -0.4 is 16.0 Å². The van der Waals surface area contributed by atoms with Gasteiger partial charge in [0.1, 0.15) is 0 Å². The monoisotopic (exact) mass is 325 g/mol. The number of carbonyl (C=O) groups is 2. The summed E-state index contributed by atoms with van der Waals surface area (Å²) < 4.78 is 0. The molecular weight excluding hydrogens is 302 g/mol. The summed E-state index contributed by atoms with van der Waals surface area (Å²) in [7, 11) is 0. The summed E-state index contributed by atoms with van der Waals surface area (Å²) in [6, 6.07) is 15.9. The predicted molar refractivity (Wildman–Crippen MR) is 97.4 cm³/mol. The Hall–Kier alpha value is -2.82. The van der Waals surface area contributed by atoms with E-state index in [4.69, 9.17) is 0 Å². The molecule has 2 rings (SSSR count). The lowest BCUT2D eigenvalue weighted by molar-refractivity contribution is 0.0935. The van der Waals surface area contributed by atoms with Crippen LogP contribution in [0.1, 0.15) is 37.0 Å². The Balaban J connectivity index is 1.92. The first kappa shape index (κ1) is 17.5. The smallest absolute Gasteiger partial charge is 0.323 e. The quantitative estimate of drug-likeness (QED) is 0.743. The number of urea groups is 1. The second-order valence-electron chi connectivity index (χ2n) is 5.51. The molecule has 0 aliphatic carbocycles. The van der Waals surface area contributed by atoms with Crippen LogP contribution in [0.2, 0.25) is 0 Å². The molecule has 0 atom stereocenters. The Morgan fingerprint density at radius 1 is 0.833 bits per heavy atom. The molecule has 3 amide bonds. The molecule has 0 spiro atoms. The molecule has 0 saturated heterocycles. The molecule has 126 valence electrons. The zero-order valence-corrected chi connectivity index (χ0v) is 14.0. The van der Waals surface area contributed by atoms with Gasteiger partial charge in [0.2, 0.25) is 0 Å². The van der Waals surface area contributed by atoms with E-state index in [2.05, 4.69) is 16.0 Å². The highest BCUT2D eigenvalue weighted by Gasteiger charge is 2.10. The summed E-state index contributed by atoms with van der Waals surface area (Å²) in [6.07, 6.45) is 1.81. The third kappa shape index (κ3) is 5.12. The van der Waals surface area contributed by atoms with Crippen LogP contribution in [0, 0.1) is 0 Å². The summed E-state index contributed by atoms with van der Waals surface area (Å²) in [5.74, 6) is -0.0935. The first-order chi connectivity index (χ1) is 11.6. The lowest BCUT2D eigenvalue weighted by Crippen LogP contribution is -2.33. The van der Waals surface area contributed by atoms with Crippen LogP contribution >= 0.6 is 0 Å². The largest absolute Gasteiger partial charge is 0.349 e. The van der Waals surface area contributed by atoms with E-state index in [1.807, 2.05) is 44.2 Å². The van der Waals surface area contributed by atoms with Crippen LogP contribution in [-0.2, 0) is 0 Å². The van der Waals surface area contributed by atoms with Crippen molar-refractivity contribution in [2.24, 2.45) is 0 Å². The van der Waals surface area contributed by atoms with Gasteiger partial charge in [0.25, 0.3) is 5.91 Å². The van der Waals surface area contributed by atoms with Crippen molar-refractivity contribution >= 4 is 23.3 Å². The Morgan fingerprint density at radius 2 is 1.38 bits per heavy atom. The van der Waals surface area contributed by atoms with Crippen molar-refractivity contribution in [1.29, 1.82) is 0 Å². The molecule has 0 heterocycles. The number of amides is 3. The van der Waals surface area contributed by atoms with Crippen LogP contribution in [0.25, 0.3) is 0 Å². The molecule has 0 unspecified atom stereocenters. The van der Waals surface area contributed by atoms with Gasteiger partial charge in [-0.15, -0.1) is 0 Å². The van der Waals surface area contributed by atoms with Crippen LogP contribution in [-0.4, -0.2) is 18.0 Å². The molecule has 2 aromatic rings. The van der Waals surface area contributed by atoms with Gasteiger partial charge in [0.15, 0.2) is 0 Å². The van der Waals surface area contributed by atoms with Gasteiger partial charge in [-0.05, 0) is 49.2 Å². The molecule has 0 aromatic heterocycles. The summed E-state index contributed by atoms with van der Waals surface area (Å²) in [4.78, 5) is 24.1. The number of anilines is 2. The van der Waals surface area contributed by atoms with Gasteiger partial charge in [0.05, 0.1) is 0 Å². The fourth-order valence-corrected chi connectivity index (χ4v) is 2.28. The number of hydrogen-bond donors (Lipinski definition) is 3. The van der Waals surface area contributed by atoms with Crippen molar-refractivity contribution in [3.05, 3.63) is 60.2 Å². The van der Waals surface area contributed by atoms with Gasteiger partial charge in [-0.1, -0.05) is 32.0 Å². The first-order valence-electron chi connectivity index (χ1n) is 8.16. The van der Waals surface area contributed by atoms with Crippen molar-refractivity contribution < 1.29 is 9.59 Å². The van der Waals surface area contributed by atoms with E-state index in [-0.39, 0.29) is 18.0 Å². The van der Waals surface area contributed by atoms with Crippen molar-refractivity contribution in [3.63, 3.8) is 0 Å². The van der Waals surface area contributed by atoms with Crippen molar-refractivity contribution in [2.75, 3.05) is 10.6 Å². The fourth-order valence-electron chi connectivity index (χ4n) is 2.28. The Labute approximate surface area is 142 Å². The standard InChI is InChI=1S/C19H23N3O2/c1-3-15(4-2)20-18(23)14-10-12-17(13-11-14)22-19(24)21-16-8-6-5-7-9-16/h5-13,15H,3-4H2,1-2H3,(H,20,23)(H2,21,22,24). The summed E-state index contributed by atoms with van der Waals surface area (Å²) in [5.41, 5.74) is 1.93. The summed E-state index contributed by atoms with van der Waals surface area (Å²) in [6.45, 7) is 4.10. The highest BCUT2D eigenvalue weighted by Crippen LogP contribution is 2.12. The Morgan fingerprint density at radius 3 is 1.92 bits per heavy atom. The van der Waals surface area contributed by atoms with Gasteiger partial charge < -0.3 is 16.0 Å². The van der Waals surface area contributed by atoms with Gasteiger partial charge >= 0.3 is 6.03 Å². The maximum atomic E-state index is 12.1. The van der Waals surface area contributed by atoms with Crippen LogP contribution in [0.3, 0.4) is 0 Å². The minimum absolute atomic E-state index is 0.0935. The predicted octanol–water partition coefficient (Wildman–Crippen LogP) is 4.25. The first-order valence-corrected chi connectivity index (χ1v) is 8.16. The van der Waals surface area contributed by atoms with E-state index in [0.717, 1.165) is 18.5 Å². The van der Waals surface area contributed by atoms with Gasteiger partial charge in [0, 0.05) is 23.0 Å². The number of benzene rings is 2. The second kappa shape index (κ2) is 8.72. The molecule has 0 aliphatic rings. The van der Waals surface area contributed by atoms with Gasteiger partial charge in [-0.2, -0.15) is 0 Å². The zero-order chi connectivity index (χ0) is 17.4. The van der Waals surface area contributed by atoms with Crippen molar-refractivity contribution in [2.45, 2.75) is 32.7 Å². The van der Waals surface area contributed by atoms with Crippen molar-refractivity contribution in [1.82, 2.24) is 5.32 Å². The van der Waals surface area contributed by atoms with Crippen molar-refractivity contribution in [3.8, 4) is 0 Å². The maximum absolute atomic E-state index is 12.1. The molecule has 0 fully saturated rings. The van der Waals surface area contributed by atoms with Gasteiger partial charge in [-0.3, -0.25) is 4.79 Å². The minimum atomic E-state index is -0.324. The number of para-hydroxylation sites is 1. The minimum Gasteiger partial charge on any atom is -0.349 e. The number of rotatable bonds is 6. The lowest BCUT2D eigenvalue weighted by atomic mass is 10.1. The second-order valence-corrected chi connectivity index (χ2v) is 5.51. The SMILES string of the molecule is CCC(CC)NC(=O)c1ccc(NC(=O)Nc2ccccc2)cc1. The molecule has 0 saturated carbocycles. The van der Waals surface area contributed by atoms with E-state index in [1.54, 1.807) is 24.3 Å². The van der Waals surface area contributed by atoms with E-state index in [1.165, 1.54) is 0 Å². The molecule has 3 N–H and O–H groups in total.